The summed E-state index contributed by atoms with van der Waals surface area (Å²) in [4.78, 5) is 8.93. The molecule has 25 heavy (non-hydrogen) atoms. The van der Waals surface area contributed by atoms with E-state index in [4.69, 9.17) is 4.74 Å². The van der Waals surface area contributed by atoms with Crippen LogP contribution >= 0.6 is 0 Å². The lowest BCUT2D eigenvalue weighted by atomic mass is 10.1. The maximum Gasteiger partial charge on any atom is 0.213 e. The molecule has 0 fully saturated rings. The van der Waals surface area contributed by atoms with Crippen LogP contribution in [0, 0.1) is 0 Å². The summed E-state index contributed by atoms with van der Waals surface area (Å²) in [6.07, 6.45) is 2.91. The van der Waals surface area contributed by atoms with Gasteiger partial charge in [-0.05, 0) is 38.3 Å². The predicted molar refractivity (Wildman–Crippen MR) is 103 cm³/mol. The van der Waals surface area contributed by atoms with Gasteiger partial charge >= 0.3 is 0 Å². The molecule has 0 saturated heterocycles. The van der Waals surface area contributed by atoms with Crippen molar-refractivity contribution in [2.75, 3.05) is 13.1 Å². The normalized spacial score (nSPS) is 11.4. The third-order valence-corrected chi connectivity index (χ3v) is 3.47. The number of hydrogen-bond donors (Lipinski definition) is 2. The van der Waals surface area contributed by atoms with Gasteiger partial charge in [0.05, 0.1) is 12.6 Å². The molecule has 0 amide bonds. The summed E-state index contributed by atoms with van der Waals surface area (Å²) in [7, 11) is 0. The second-order valence-electron chi connectivity index (χ2n) is 6.03. The third-order valence-electron chi connectivity index (χ3n) is 3.47. The fourth-order valence-electron chi connectivity index (χ4n) is 2.30. The second-order valence-corrected chi connectivity index (χ2v) is 6.03. The van der Waals surface area contributed by atoms with Crippen LogP contribution in [0.15, 0.2) is 53.7 Å². The highest BCUT2D eigenvalue weighted by atomic mass is 16.5. The molecule has 0 bridgehead atoms. The first-order valence-electron chi connectivity index (χ1n) is 8.85. The number of benzene rings is 1. The topological polar surface area (TPSA) is 58.5 Å². The Labute approximate surface area is 150 Å². The summed E-state index contributed by atoms with van der Waals surface area (Å²) in [5.41, 5.74) is 2.37. The highest BCUT2D eigenvalue weighted by Crippen LogP contribution is 2.10. The number of aliphatic imine (C=N–C) groups is 1. The first-order valence-corrected chi connectivity index (χ1v) is 8.85. The van der Waals surface area contributed by atoms with Crippen molar-refractivity contribution < 1.29 is 4.74 Å². The molecule has 0 radical (unpaired) electrons. The monoisotopic (exact) mass is 340 g/mol. The van der Waals surface area contributed by atoms with Gasteiger partial charge < -0.3 is 15.4 Å². The molecule has 0 atom stereocenters. The molecule has 0 unspecified atom stereocenters. The van der Waals surface area contributed by atoms with E-state index in [1.54, 1.807) is 0 Å². The number of hydrogen-bond acceptors (Lipinski definition) is 3. The van der Waals surface area contributed by atoms with Crippen molar-refractivity contribution in [2.24, 2.45) is 4.99 Å². The molecule has 1 aromatic carbocycles. The lowest BCUT2D eigenvalue weighted by molar-refractivity contribution is 0.232. The number of nitrogens with zero attached hydrogens (tertiary/aromatic N) is 2. The molecule has 2 N–H and O–H groups in total. The molecule has 0 aliphatic carbocycles. The zero-order chi connectivity index (χ0) is 17.9. The van der Waals surface area contributed by atoms with Gasteiger partial charge in [-0.1, -0.05) is 36.4 Å². The number of aromatic nitrogens is 1. The van der Waals surface area contributed by atoms with Crippen LogP contribution in [-0.4, -0.2) is 30.1 Å². The molecule has 0 aliphatic heterocycles. The Bertz CT molecular complexity index is 639. The van der Waals surface area contributed by atoms with Crippen molar-refractivity contribution in [1.82, 2.24) is 15.6 Å². The molecule has 5 nitrogen and oxygen atoms in total. The lowest BCUT2D eigenvalue weighted by Crippen LogP contribution is -2.38. The quantitative estimate of drug-likeness (QED) is 0.572. The summed E-state index contributed by atoms with van der Waals surface area (Å²) in [5.74, 6) is 1.47. The van der Waals surface area contributed by atoms with Crippen molar-refractivity contribution in [3.8, 4) is 5.88 Å². The van der Waals surface area contributed by atoms with Gasteiger partial charge in [0.25, 0.3) is 0 Å². The van der Waals surface area contributed by atoms with Crippen molar-refractivity contribution in [3.63, 3.8) is 0 Å². The SMILES string of the molecule is CCNC(=NCc1ccc(OC(C)C)nc1)NCCc1ccccc1. The van der Waals surface area contributed by atoms with E-state index < -0.39 is 0 Å². The highest BCUT2D eigenvalue weighted by molar-refractivity contribution is 5.79. The number of pyridine rings is 1. The number of nitrogens with one attached hydrogen (secondary N) is 2. The van der Waals surface area contributed by atoms with E-state index in [-0.39, 0.29) is 6.10 Å². The van der Waals surface area contributed by atoms with Crippen LogP contribution in [0.5, 0.6) is 5.88 Å². The van der Waals surface area contributed by atoms with Crippen molar-refractivity contribution in [3.05, 3.63) is 59.8 Å². The van der Waals surface area contributed by atoms with Crippen molar-refractivity contribution in [2.45, 2.75) is 39.8 Å². The van der Waals surface area contributed by atoms with Gasteiger partial charge in [-0.3, -0.25) is 0 Å². The minimum Gasteiger partial charge on any atom is -0.475 e. The Morgan fingerprint density at radius 3 is 2.52 bits per heavy atom. The zero-order valence-electron chi connectivity index (χ0n) is 15.3. The predicted octanol–water partition coefficient (Wildman–Crippen LogP) is 3.17. The van der Waals surface area contributed by atoms with Gasteiger partial charge in [0.15, 0.2) is 5.96 Å². The van der Waals surface area contributed by atoms with Crippen LogP contribution in [0.1, 0.15) is 31.9 Å². The van der Waals surface area contributed by atoms with Crippen LogP contribution in [0.2, 0.25) is 0 Å². The molecular formula is C20H28N4O. The van der Waals surface area contributed by atoms with Crippen LogP contribution < -0.4 is 15.4 Å². The van der Waals surface area contributed by atoms with Crippen LogP contribution in [0.25, 0.3) is 0 Å². The summed E-state index contributed by atoms with van der Waals surface area (Å²) >= 11 is 0. The van der Waals surface area contributed by atoms with E-state index in [0.29, 0.717) is 12.4 Å². The standard InChI is InChI=1S/C20H28N4O/c1-4-21-20(22-13-12-17-8-6-5-7-9-17)24-15-18-10-11-19(23-14-18)25-16(2)3/h5-11,14,16H,4,12-13,15H2,1-3H3,(H2,21,22,24). The molecule has 0 aliphatic rings. The fraction of sp³-hybridized carbons (Fsp3) is 0.400. The molecule has 5 heteroatoms. The Morgan fingerprint density at radius 1 is 1.08 bits per heavy atom. The van der Waals surface area contributed by atoms with Crippen LogP contribution in [0.3, 0.4) is 0 Å². The van der Waals surface area contributed by atoms with Gasteiger partial charge in [0.2, 0.25) is 5.88 Å². The first kappa shape index (κ1) is 18.8. The molecule has 1 heterocycles. The van der Waals surface area contributed by atoms with Gasteiger partial charge in [-0.15, -0.1) is 0 Å². The zero-order valence-corrected chi connectivity index (χ0v) is 15.3. The smallest absolute Gasteiger partial charge is 0.213 e. The minimum atomic E-state index is 0.130. The summed E-state index contributed by atoms with van der Waals surface area (Å²) in [6, 6.07) is 14.3. The number of ether oxygens (including phenoxy) is 1. The number of rotatable bonds is 8. The van der Waals surface area contributed by atoms with Crippen molar-refractivity contribution in [1.29, 1.82) is 0 Å². The minimum absolute atomic E-state index is 0.130. The average Bonchev–Trinajstić information content (AvgIpc) is 2.61. The summed E-state index contributed by atoms with van der Waals surface area (Å²) in [5, 5.41) is 6.64. The van der Waals surface area contributed by atoms with Crippen LogP contribution in [-0.2, 0) is 13.0 Å². The Hall–Kier alpha value is -2.56. The van der Waals surface area contributed by atoms with E-state index in [9.17, 15) is 0 Å². The fourth-order valence-corrected chi connectivity index (χ4v) is 2.30. The van der Waals surface area contributed by atoms with Gasteiger partial charge in [0, 0.05) is 25.4 Å². The third kappa shape index (κ3) is 7.25. The molecule has 2 aromatic rings. The molecule has 2 rings (SSSR count). The summed E-state index contributed by atoms with van der Waals surface area (Å²) < 4.78 is 5.56. The Morgan fingerprint density at radius 2 is 1.88 bits per heavy atom. The largest absolute Gasteiger partial charge is 0.475 e. The van der Waals surface area contributed by atoms with Crippen LogP contribution in [0.4, 0.5) is 0 Å². The molecule has 1 aromatic heterocycles. The highest BCUT2D eigenvalue weighted by Gasteiger charge is 2.01. The van der Waals surface area contributed by atoms with Crippen molar-refractivity contribution >= 4 is 5.96 Å². The summed E-state index contributed by atoms with van der Waals surface area (Å²) in [6.45, 7) is 8.29. The maximum absolute atomic E-state index is 5.56. The average molecular weight is 340 g/mol. The first-order chi connectivity index (χ1) is 12.2. The maximum atomic E-state index is 5.56. The van der Waals surface area contributed by atoms with E-state index >= 15 is 0 Å². The molecule has 134 valence electrons. The number of guanidine groups is 1. The van der Waals surface area contributed by atoms with Gasteiger partial charge in [-0.25, -0.2) is 9.98 Å². The second kappa shape index (κ2) is 10.3. The van der Waals surface area contributed by atoms with E-state index in [0.717, 1.165) is 31.0 Å². The lowest BCUT2D eigenvalue weighted by Gasteiger charge is -2.11. The molecular weight excluding hydrogens is 312 g/mol. The van der Waals surface area contributed by atoms with E-state index in [1.165, 1.54) is 5.56 Å². The Balaban J connectivity index is 1.85. The van der Waals surface area contributed by atoms with Gasteiger partial charge in [0.1, 0.15) is 0 Å². The molecule has 0 spiro atoms. The van der Waals surface area contributed by atoms with E-state index in [1.807, 2.05) is 38.2 Å². The molecule has 0 saturated carbocycles. The van der Waals surface area contributed by atoms with E-state index in [2.05, 4.69) is 51.8 Å². The van der Waals surface area contributed by atoms with Gasteiger partial charge in [-0.2, -0.15) is 0 Å². The Kier molecular flexibility index (Phi) is 7.76.